The molecule has 4 N–H and O–H groups in total. The van der Waals surface area contributed by atoms with Crippen LogP contribution in [-0.4, -0.2) is 24.8 Å². The summed E-state index contributed by atoms with van der Waals surface area (Å²) in [4.78, 5) is 12.4. The number of hydrogen-bond donors (Lipinski definition) is 4. The molecule has 0 aromatic heterocycles. The zero-order chi connectivity index (χ0) is 18.5. The number of anilines is 1. The second-order valence-corrected chi connectivity index (χ2v) is 6.53. The summed E-state index contributed by atoms with van der Waals surface area (Å²) in [5.74, 6) is 0.799. The molecular weight excluding hydrogens is 328 g/mol. The number of benzene rings is 2. The van der Waals surface area contributed by atoms with Crippen LogP contribution in [0.1, 0.15) is 23.6 Å². The smallest absolute Gasteiger partial charge is 0.241 e. The van der Waals surface area contributed by atoms with Gasteiger partial charge in [-0.1, -0.05) is 29.8 Å². The van der Waals surface area contributed by atoms with Crippen LogP contribution in [0.15, 0.2) is 42.5 Å². The van der Waals surface area contributed by atoms with E-state index in [0.717, 1.165) is 22.6 Å². The van der Waals surface area contributed by atoms with Crippen LogP contribution in [0.2, 0.25) is 0 Å². The van der Waals surface area contributed by atoms with Crippen molar-refractivity contribution in [1.29, 1.82) is 0 Å². The van der Waals surface area contributed by atoms with Crippen LogP contribution in [0.5, 0.6) is 5.75 Å². The van der Waals surface area contributed by atoms with Crippen LogP contribution in [0, 0.1) is 13.8 Å². The molecule has 138 valence electrons. The first-order valence-electron chi connectivity index (χ1n) is 8.92. The summed E-state index contributed by atoms with van der Waals surface area (Å²) in [5.41, 5.74) is 10.6. The molecule has 1 fully saturated rings. The van der Waals surface area contributed by atoms with Crippen molar-refractivity contribution in [1.82, 2.24) is 16.2 Å². The van der Waals surface area contributed by atoms with Crippen LogP contribution in [-0.2, 0) is 11.2 Å². The molecule has 6 nitrogen and oxygen atoms in total. The molecule has 0 saturated carbocycles. The Bertz CT molecular complexity index is 761. The SMILES string of the molecule is CCOc1ccc(CC2NNC(Nc3ccc(C)cc3C)NC2=O)cc1. The second kappa shape index (κ2) is 8.21. The molecule has 1 aliphatic heterocycles. The van der Waals surface area contributed by atoms with Crippen LogP contribution in [0.25, 0.3) is 0 Å². The maximum absolute atomic E-state index is 12.4. The molecule has 2 unspecified atom stereocenters. The summed E-state index contributed by atoms with van der Waals surface area (Å²) >= 11 is 0. The minimum atomic E-state index is -0.361. The van der Waals surface area contributed by atoms with Gasteiger partial charge in [0, 0.05) is 5.69 Å². The number of hydrazine groups is 1. The highest BCUT2D eigenvalue weighted by Crippen LogP contribution is 2.17. The molecule has 0 spiro atoms. The van der Waals surface area contributed by atoms with E-state index in [1.807, 2.05) is 50.2 Å². The number of carbonyl (C=O) groups is 1. The summed E-state index contributed by atoms with van der Waals surface area (Å²) in [7, 11) is 0. The summed E-state index contributed by atoms with van der Waals surface area (Å²) in [6.07, 6.45) is 0.238. The van der Waals surface area contributed by atoms with Gasteiger partial charge in [-0.25, -0.2) is 10.9 Å². The molecule has 0 aliphatic carbocycles. The third-order valence-corrected chi connectivity index (χ3v) is 4.36. The Balaban J connectivity index is 1.55. The lowest BCUT2D eigenvalue weighted by Gasteiger charge is -2.32. The van der Waals surface area contributed by atoms with Gasteiger partial charge in [0.05, 0.1) is 6.61 Å². The van der Waals surface area contributed by atoms with E-state index in [0.29, 0.717) is 13.0 Å². The molecule has 1 amide bonds. The fourth-order valence-corrected chi connectivity index (χ4v) is 3.00. The highest BCUT2D eigenvalue weighted by Gasteiger charge is 2.27. The van der Waals surface area contributed by atoms with Crippen molar-refractivity contribution in [2.24, 2.45) is 0 Å². The largest absolute Gasteiger partial charge is 0.494 e. The molecule has 26 heavy (non-hydrogen) atoms. The molecule has 1 saturated heterocycles. The van der Waals surface area contributed by atoms with Gasteiger partial charge >= 0.3 is 0 Å². The van der Waals surface area contributed by atoms with Crippen molar-refractivity contribution in [2.45, 2.75) is 39.5 Å². The van der Waals surface area contributed by atoms with Gasteiger partial charge in [0.25, 0.3) is 0 Å². The molecule has 6 heteroatoms. The predicted molar refractivity (Wildman–Crippen MR) is 103 cm³/mol. The van der Waals surface area contributed by atoms with Crippen molar-refractivity contribution in [3.63, 3.8) is 0 Å². The first-order valence-corrected chi connectivity index (χ1v) is 8.92. The van der Waals surface area contributed by atoms with Gasteiger partial charge in [0.15, 0.2) is 6.29 Å². The molecule has 1 aliphatic rings. The van der Waals surface area contributed by atoms with Crippen molar-refractivity contribution in [3.8, 4) is 5.75 Å². The average Bonchev–Trinajstić information content (AvgIpc) is 2.61. The number of aryl methyl sites for hydroxylation is 2. The maximum atomic E-state index is 12.4. The standard InChI is InChI=1S/C20H26N4O2/c1-4-26-16-8-6-15(7-9-16)12-18-19(25)22-20(24-23-18)21-17-10-5-13(2)11-14(17)3/h5-11,18,20-21,23-24H,4,12H2,1-3H3,(H,22,25). The summed E-state index contributed by atoms with van der Waals surface area (Å²) in [6.45, 7) is 6.70. The highest BCUT2D eigenvalue weighted by molar-refractivity contribution is 5.83. The molecule has 2 aromatic carbocycles. The van der Waals surface area contributed by atoms with Gasteiger partial charge < -0.3 is 15.4 Å². The van der Waals surface area contributed by atoms with Crippen molar-refractivity contribution in [2.75, 3.05) is 11.9 Å². The van der Waals surface area contributed by atoms with Gasteiger partial charge in [0.2, 0.25) is 5.91 Å². The van der Waals surface area contributed by atoms with Crippen LogP contribution >= 0.6 is 0 Å². The van der Waals surface area contributed by atoms with E-state index in [2.05, 4.69) is 34.5 Å². The Hall–Kier alpha value is -2.57. The van der Waals surface area contributed by atoms with Crippen molar-refractivity contribution < 1.29 is 9.53 Å². The lowest BCUT2D eigenvalue weighted by molar-refractivity contribution is -0.126. The topological polar surface area (TPSA) is 74.4 Å². The molecular formula is C20H26N4O2. The lowest BCUT2D eigenvalue weighted by Crippen LogP contribution is -2.68. The summed E-state index contributed by atoms with van der Waals surface area (Å²) < 4.78 is 5.44. The Kier molecular flexibility index (Phi) is 5.75. The number of hydrogen-bond acceptors (Lipinski definition) is 5. The third kappa shape index (κ3) is 4.53. The fourth-order valence-electron chi connectivity index (χ4n) is 3.00. The highest BCUT2D eigenvalue weighted by atomic mass is 16.5. The summed E-state index contributed by atoms with van der Waals surface area (Å²) in [5, 5.41) is 6.25. The first kappa shape index (κ1) is 18.2. The molecule has 0 bridgehead atoms. The van der Waals surface area contributed by atoms with Gasteiger partial charge in [-0.15, -0.1) is 0 Å². The predicted octanol–water partition coefficient (Wildman–Crippen LogP) is 2.23. The molecule has 0 radical (unpaired) electrons. The van der Waals surface area contributed by atoms with Crippen LogP contribution in [0.4, 0.5) is 5.69 Å². The van der Waals surface area contributed by atoms with Crippen molar-refractivity contribution >= 4 is 11.6 Å². The number of amides is 1. The van der Waals surface area contributed by atoms with Gasteiger partial charge in [0.1, 0.15) is 11.8 Å². The number of rotatable bonds is 6. The Morgan fingerprint density at radius 3 is 2.50 bits per heavy atom. The monoisotopic (exact) mass is 354 g/mol. The Morgan fingerprint density at radius 1 is 1.08 bits per heavy atom. The minimum Gasteiger partial charge on any atom is -0.494 e. The number of nitrogens with one attached hydrogen (secondary N) is 4. The van der Waals surface area contributed by atoms with E-state index < -0.39 is 0 Å². The van der Waals surface area contributed by atoms with E-state index in [1.54, 1.807) is 0 Å². The van der Waals surface area contributed by atoms with Crippen LogP contribution in [0.3, 0.4) is 0 Å². The Morgan fingerprint density at radius 2 is 1.85 bits per heavy atom. The van der Waals surface area contributed by atoms with E-state index in [-0.39, 0.29) is 18.2 Å². The van der Waals surface area contributed by atoms with E-state index >= 15 is 0 Å². The quantitative estimate of drug-likeness (QED) is 0.640. The molecule has 1 heterocycles. The average molecular weight is 354 g/mol. The maximum Gasteiger partial charge on any atom is 0.241 e. The third-order valence-electron chi connectivity index (χ3n) is 4.36. The number of ether oxygens (including phenoxy) is 1. The normalized spacial score (nSPS) is 19.7. The van der Waals surface area contributed by atoms with E-state index in [9.17, 15) is 4.79 Å². The zero-order valence-electron chi connectivity index (χ0n) is 15.4. The zero-order valence-corrected chi connectivity index (χ0v) is 15.4. The Labute approximate surface area is 154 Å². The van der Waals surface area contributed by atoms with Gasteiger partial charge in [-0.05, 0) is 56.5 Å². The number of carbonyl (C=O) groups excluding carboxylic acids is 1. The van der Waals surface area contributed by atoms with E-state index in [4.69, 9.17) is 4.74 Å². The molecule has 2 atom stereocenters. The van der Waals surface area contributed by atoms with Crippen molar-refractivity contribution in [3.05, 3.63) is 59.2 Å². The minimum absolute atomic E-state index is 0.0418. The summed E-state index contributed by atoms with van der Waals surface area (Å²) in [6, 6.07) is 13.7. The van der Waals surface area contributed by atoms with E-state index in [1.165, 1.54) is 5.56 Å². The second-order valence-electron chi connectivity index (χ2n) is 6.53. The van der Waals surface area contributed by atoms with Gasteiger partial charge in [-0.3, -0.25) is 4.79 Å². The fraction of sp³-hybridized carbons (Fsp3) is 0.350. The van der Waals surface area contributed by atoms with Crippen LogP contribution < -0.4 is 26.2 Å². The van der Waals surface area contributed by atoms with Gasteiger partial charge in [-0.2, -0.15) is 0 Å². The molecule has 2 aromatic rings. The molecule has 3 rings (SSSR count). The first-order chi connectivity index (χ1) is 12.5. The lowest BCUT2D eigenvalue weighted by atomic mass is 10.1.